The molecule has 0 saturated heterocycles. The molecule has 0 bridgehead atoms. The molecule has 1 rings (SSSR count). The SMILES string of the molecule is CCCC(=O)Nc1c(Cl)cc(F)cc1Br. The maximum atomic E-state index is 12.9. The lowest BCUT2D eigenvalue weighted by molar-refractivity contribution is -0.116. The van der Waals surface area contributed by atoms with E-state index in [1.54, 1.807) is 0 Å². The molecule has 0 fully saturated rings. The first kappa shape index (κ1) is 12.5. The highest BCUT2D eigenvalue weighted by Crippen LogP contribution is 2.31. The Bertz CT molecular complexity index is 361. The van der Waals surface area contributed by atoms with Crippen LogP contribution >= 0.6 is 27.5 Å². The number of hydrogen-bond donors (Lipinski definition) is 1. The summed E-state index contributed by atoms with van der Waals surface area (Å²) in [6.45, 7) is 1.90. The van der Waals surface area contributed by atoms with Gasteiger partial charge in [0.1, 0.15) is 5.82 Å². The van der Waals surface area contributed by atoms with E-state index in [1.807, 2.05) is 6.92 Å². The van der Waals surface area contributed by atoms with E-state index in [1.165, 1.54) is 6.07 Å². The number of carbonyl (C=O) groups excluding carboxylic acids is 1. The number of hydrogen-bond acceptors (Lipinski definition) is 1. The minimum Gasteiger partial charge on any atom is -0.324 e. The second-order valence-electron chi connectivity index (χ2n) is 3.04. The Hall–Kier alpha value is -0.610. The molecule has 1 aromatic rings. The van der Waals surface area contributed by atoms with Gasteiger partial charge in [-0.25, -0.2) is 4.39 Å². The molecule has 0 aliphatic carbocycles. The quantitative estimate of drug-likeness (QED) is 0.897. The van der Waals surface area contributed by atoms with Crippen molar-refractivity contribution >= 4 is 39.1 Å². The average Bonchev–Trinajstić information content (AvgIpc) is 2.11. The second kappa shape index (κ2) is 5.47. The van der Waals surface area contributed by atoms with Gasteiger partial charge >= 0.3 is 0 Å². The summed E-state index contributed by atoms with van der Waals surface area (Å²) in [5, 5.41) is 2.81. The molecule has 0 aliphatic heterocycles. The molecule has 1 aromatic carbocycles. The van der Waals surface area contributed by atoms with Crippen molar-refractivity contribution in [3.63, 3.8) is 0 Å². The number of anilines is 1. The molecule has 0 heterocycles. The average molecular weight is 295 g/mol. The summed E-state index contributed by atoms with van der Waals surface area (Å²) in [5.74, 6) is -0.577. The summed E-state index contributed by atoms with van der Waals surface area (Å²) in [4.78, 5) is 11.3. The van der Waals surface area contributed by atoms with E-state index in [0.29, 0.717) is 16.6 Å². The number of amides is 1. The van der Waals surface area contributed by atoms with Crippen molar-refractivity contribution in [2.45, 2.75) is 19.8 Å². The molecule has 82 valence electrons. The predicted octanol–water partition coefficient (Wildman–Crippen LogP) is 3.98. The van der Waals surface area contributed by atoms with Gasteiger partial charge in [-0.3, -0.25) is 4.79 Å². The molecular formula is C10H10BrClFNO. The lowest BCUT2D eigenvalue weighted by Gasteiger charge is -2.08. The molecule has 1 amide bonds. The van der Waals surface area contributed by atoms with Crippen LogP contribution in [0.4, 0.5) is 10.1 Å². The van der Waals surface area contributed by atoms with Gasteiger partial charge in [0.05, 0.1) is 10.7 Å². The first-order chi connectivity index (χ1) is 7.04. The fourth-order valence-electron chi connectivity index (χ4n) is 1.09. The highest BCUT2D eigenvalue weighted by molar-refractivity contribution is 9.10. The number of rotatable bonds is 3. The van der Waals surface area contributed by atoms with Crippen molar-refractivity contribution < 1.29 is 9.18 Å². The summed E-state index contributed by atoms with van der Waals surface area (Å²) < 4.78 is 13.3. The van der Waals surface area contributed by atoms with Crippen LogP contribution in [0.1, 0.15) is 19.8 Å². The summed E-state index contributed by atoms with van der Waals surface area (Å²) >= 11 is 8.93. The second-order valence-corrected chi connectivity index (χ2v) is 4.30. The van der Waals surface area contributed by atoms with Crippen LogP contribution in [0.25, 0.3) is 0 Å². The Balaban J connectivity index is 2.90. The topological polar surface area (TPSA) is 29.1 Å². The highest BCUT2D eigenvalue weighted by Gasteiger charge is 2.10. The first-order valence-electron chi connectivity index (χ1n) is 4.49. The fraction of sp³-hybridized carbons (Fsp3) is 0.300. The van der Waals surface area contributed by atoms with Crippen molar-refractivity contribution in [1.82, 2.24) is 0 Å². The largest absolute Gasteiger partial charge is 0.324 e. The normalized spacial score (nSPS) is 10.1. The Morgan fingerprint density at radius 3 is 2.80 bits per heavy atom. The zero-order chi connectivity index (χ0) is 11.4. The lowest BCUT2D eigenvalue weighted by Crippen LogP contribution is -2.11. The molecule has 0 spiro atoms. The van der Waals surface area contributed by atoms with Crippen LogP contribution in [-0.4, -0.2) is 5.91 Å². The number of nitrogens with one attached hydrogen (secondary N) is 1. The standard InChI is InChI=1S/C10H10BrClFNO/c1-2-3-9(15)14-10-7(11)4-6(13)5-8(10)12/h4-5H,2-3H2,1H3,(H,14,15). The Morgan fingerprint density at radius 2 is 2.27 bits per heavy atom. The minimum absolute atomic E-state index is 0.133. The number of benzene rings is 1. The van der Waals surface area contributed by atoms with E-state index in [-0.39, 0.29) is 10.9 Å². The first-order valence-corrected chi connectivity index (χ1v) is 5.66. The van der Waals surface area contributed by atoms with E-state index in [0.717, 1.165) is 12.5 Å². The molecule has 0 saturated carbocycles. The van der Waals surface area contributed by atoms with E-state index in [4.69, 9.17) is 11.6 Å². The summed E-state index contributed by atoms with van der Waals surface area (Å²) in [6.07, 6.45) is 1.17. The van der Waals surface area contributed by atoms with E-state index >= 15 is 0 Å². The van der Waals surface area contributed by atoms with Gasteiger partial charge in [-0.15, -0.1) is 0 Å². The van der Waals surface area contributed by atoms with Gasteiger partial charge in [0.2, 0.25) is 5.91 Å². The van der Waals surface area contributed by atoms with E-state index < -0.39 is 5.82 Å². The zero-order valence-electron chi connectivity index (χ0n) is 8.11. The zero-order valence-corrected chi connectivity index (χ0v) is 10.5. The Morgan fingerprint density at radius 1 is 1.60 bits per heavy atom. The minimum atomic E-state index is -0.444. The molecule has 0 aliphatic rings. The van der Waals surface area contributed by atoms with Crippen LogP contribution in [0.15, 0.2) is 16.6 Å². The van der Waals surface area contributed by atoms with Crippen LogP contribution in [-0.2, 0) is 4.79 Å². The van der Waals surface area contributed by atoms with Crippen molar-refractivity contribution in [3.05, 3.63) is 27.4 Å². The van der Waals surface area contributed by atoms with Crippen LogP contribution in [0.5, 0.6) is 0 Å². The molecule has 0 aromatic heterocycles. The number of halogens is 3. The number of carbonyl (C=O) groups is 1. The molecule has 15 heavy (non-hydrogen) atoms. The van der Waals surface area contributed by atoms with Gasteiger partial charge in [0.15, 0.2) is 0 Å². The summed E-state index contributed by atoms with van der Waals surface area (Å²) in [6, 6.07) is 2.42. The monoisotopic (exact) mass is 293 g/mol. The third-order valence-electron chi connectivity index (χ3n) is 1.75. The summed E-state index contributed by atoms with van der Waals surface area (Å²) in [7, 11) is 0. The molecule has 0 radical (unpaired) electrons. The van der Waals surface area contributed by atoms with Crippen molar-refractivity contribution in [2.24, 2.45) is 0 Å². The summed E-state index contributed by atoms with van der Waals surface area (Å²) in [5.41, 5.74) is 0.413. The highest BCUT2D eigenvalue weighted by atomic mass is 79.9. The third-order valence-corrected chi connectivity index (χ3v) is 2.67. The van der Waals surface area contributed by atoms with Gasteiger partial charge < -0.3 is 5.32 Å². The van der Waals surface area contributed by atoms with Gasteiger partial charge in [-0.1, -0.05) is 18.5 Å². The van der Waals surface area contributed by atoms with Gasteiger partial charge in [0, 0.05) is 10.9 Å². The van der Waals surface area contributed by atoms with E-state index in [9.17, 15) is 9.18 Å². The van der Waals surface area contributed by atoms with Crippen LogP contribution in [0.3, 0.4) is 0 Å². The molecular weight excluding hydrogens is 284 g/mol. The van der Waals surface area contributed by atoms with Crippen molar-refractivity contribution in [3.8, 4) is 0 Å². The molecule has 0 atom stereocenters. The predicted molar refractivity (Wildman–Crippen MR) is 62.6 cm³/mol. The van der Waals surface area contributed by atoms with Crippen molar-refractivity contribution in [1.29, 1.82) is 0 Å². The Kier molecular flexibility index (Phi) is 4.54. The maximum Gasteiger partial charge on any atom is 0.224 e. The third kappa shape index (κ3) is 3.47. The van der Waals surface area contributed by atoms with Crippen LogP contribution in [0.2, 0.25) is 5.02 Å². The van der Waals surface area contributed by atoms with Gasteiger partial charge in [-0.2, -0.15) is 0 Å². The van der Waals surface area contributed by atoms with Crippen LogP contribution in [0, 0.1) is 5.82 Å². The lowest BCUT2D eigenvalue weighted by atomic mass is 10.2. The fourth-order valence-corrected chi connectivity index (χ4v) is 1.99. The van der Waals surface area contributed by atoms with Crippen LogP contribution < -0.4 is 5.32 Å². The molecule has 1 N–H and O–H groups in total. The maximum absolute atomic E-state index is 12.9. The molecule has 5 heteroatoms. The smallest absolute Gasteiger partial charge is 0.224 e. The van der Waals surface area contributed by atoms with Gasteiger partial charge in [0.25, 0.3) is 0 Å². The Labute approximate surface area is 101 Å². The van der Waals surface area contributed by atoms with Gasteiger partial charge in [-0.05, 0) is 34.5 Å². The van der Waals surface area contributed by atoms with E-state index in [2.05, 4.69) is 21.2 Å². The van der Waals surface area contributed by atoms with Crippen molar-refractivity contribution in [2.75, 3.05) is 5.32 Å². The molecule has 0 unspecified atom stereocenters. The molecule has 2 nitrogen and oxygen atoms in total.